The topological polar surface area (TPSA) is 103 Å². The summed E-state index contributed by atoms with van der Waals surface area (Å²) in [5, 5.41) is 5.96. The van der Waals surface area contributed by atoms with Crippen LogP contribution in [-0.4, -0.2) is 38.2 Å². The number of rotatable bonds is 12. The lowest BCUT2D eigenvalue weighted by molar-refractivity contribution is -0.140. The number of methoxy groups -OCH3 is 2. The number of urea groups is 1. The van der Waals surface area contributed by atoms with Crippen molar-refractivity contribution in [3.8, 4) is 5.75 Å². The Bertz CT molecular complexity index is 938. The molecule has 0 aliphatic carbocycles. The first-order chi connectivity index (χ1) is 16.3. The summed E-state index contributed by atoms with van der Waals surface area (Å²) in [6.07, 6.45) is 7.04. The Kier molecular flexibility index (Phi) is 10.4. The van der Waals surface area contributed by atoms with Gasteiger partial charge in [0.05, 0.1) is 25.5 Å². The number of unbranched alkanes of at least 4 members (excludes halogenated alkanes) is 1. The third-order valence-electron chi connectivity index (χ3n) is 6.26. The predicted octanol–water partition coefficient (Wildman–Crippen LogP) is 5.21. The molecule has 0 spiro atoms. The summed E-state index contributed by atoms with van der Waals surface area (Å²) in [4.78, 5) is 37.1. The summed E-state index contributed by atoms with van der Waals surface area (Å²) in [7, 11) is 2.94. The number of hydrogen-bond acceptors (Lipinski definition) is 6. The first-order valence-electron chi connectivity index (χ1n) is 12.0. The molecule has 8 heteroatoms. The first-order valence-corrected chi connectivity index (χ1v) is 12.0. The number of fused-ring (bicyclic) bond motifs is 1. The molecule has 1 aliphatic rings. The quantitative estimate of drug-likeness (QED) is 0.319. The molecule has 1 atom stereocenters. The van der Waals surface area contributed by atoms with Crippen LogP contribution in [0.2, 0.25) is 0 Å². The highest BCUT2D eigenvalue weighted by Gasteiger charge is 2.32. The van der Waals surface area contributed by atoms with Crippen molar-refractivity contribution in [3.05, 3.63) is 33.9 Å². The van der Waals surface area contributed by atoms with E-state index in [1.807, 2.05) is 26.8 Å². The molecule has 1 aromatic carbocycles. The summed E-state index contributed by atoms with van der Waals surface area (Å²) in [6.45, 7) is 8.13. The molecule has 0 radical (unpaired) electrons. The Balaban J connectivity index is 2.41. The molecule has 0 bridgehead atoms. The van der Waals surface area contributed by atoms with Crippen molar-refractivity contribution in [2.45, 2.75) is 85.3 Å². The highest BCUT2D eigenvalue weighted by atomic mass is 16.5. The van der Waals surface area contributed by atoms with Gasteiger partial charge >= 0.3 is 18.0 Å². The average Bonchev–Trinajstić information content (AvgIpc) is 3.22. The number of amides is 2. The van der Waals surface area contributed by atoms with Gasteiger partial charge in [0.15, 0.2) is 0 Å². The minimum Gasteiger partial charge on any atom is -0.496 e. The summed E-state index contributed by atoms with van der Waals surface area (Å²) in [6, 6.07) is -0.306. The van der Waals surface area contributed by atoms with Crippen LogP contribution in [-0.2, 0) is 27.3 Å². The molecule has 2 rings (SSSR count). The molecule has 1 aliphatic heterocycles. The van der Waals surface area contributed by atoms with Crippen molar-refractivity contribution in [2.24, 2.45) is 0 Å². The maximum Gasteiger partial charge on any atom is 0.341 e. The van der Waals surface area contributed by atoms with Crippen LogP contribution in [0.1, 0.15) is 86.3 Å². The zero-order valence-electron chi connectivity index (χ0n) is 21.3. The molecule has 0 aromatic heterocycles. The molecule has 1 aromatic rings. The second kappa shape index (κ2) is 13.0. The zero-order valence-corrected chi connectivity index (χ0v) is 21.3. The van der Waals surface area contributed by atoms with Gasteiger partial charge in [-0.15, -0.1) is 0 Å². The third-order valence-corrected chi connectivity index (χ3v) is 6.26. The number of cyclic esters (lactones) is 1. The van der Waals surface area contributed by atoms with Crippen LogP contribution in [0.15, 0.2) is 11.6 Å². The second-order valence-corrected chi connectivity index (χ2v) is 8.62. The van der Waals surface area contributed by atoms with E-state index in [2.05, 4.69) is 17.6 Å². The van der Waals surface area contributed by atoms with E-state index in [4.69, 9.17) is 14.2 Å². The molecule has 2 amide bonds. The van der Waals surface area contributed by atoms with Crippen molar-refractivity contribution in [1.82, 2.24) is 5.32 Å². The zero-order chi connectivity index (χ0) is 25.3. The van der Waals surface area contributed by atoms with Gasteiger partial charge in [-0.25, -0.2) is 9.59 Å². The van der Waals surface area contributed by atoms with Crippen LogP contribution < -0.4 is 15.4 Å². The van der Waals surface area contributed by atoms with Crippen LogP contribution in [0.5, 0.6) is 5.75 Å². The van der Waals surface area contributed by atoms with E-state index >= 15 is 0 Å². The molecule has 0 fully saturated rings. The van der Waals surface area contributed by atoms with Crippen LogP contribution >= 0.6 is 0 Å². The Labute approximate surface area is 202 Å². The van der Waals surface area contributed by atoms with Crippen molar-refractivity contribution >= 4 is 23.7 Å². The number of hydrogen-bond donors (Lipinski definition) is 2. The molecule has 188 valence electrons. The maximum absolute atomic E-state index is 13.0. The molecular weight excluding hydrogens is 436 g/mol. The van der Waals surface area contributed by atoms with Crippen molar-refractivity contribution < 1.29 is 28.6 Å². The van der Waals surface area contributed by atoms with Crippen molar-refractivity contribution in [2.75, 3.05) is 19.5 Å². The summed E-state index contributed by atoms with van der Waals surface area (Å²) >= 11 is 0. The Morgan fingerprint density at radius 2 is 1.94 bits per heavy atom. The molecule has 0 saturated carbocycles. The van der Waals surface area contributed by atoms with E-state index in [0.717, 1.165) is 42.4 Å². The normalized spacial score (nSPS) is 13.7. The highest BCUT2D eigenvalue weighted by molar-refractivity contribution is 6.05. The molecule has 1 heterocycles. The summed E-state index contributed by atoms with van der Waals surface area (Å²) in [5.41, 5.74) is 4.04. The van der Waals surface area contributed by atoms with Crippen LogP contribution in [0.3, 0.4) is 0 Å². The number of carbonyl (C=O) groups excluding carboxylic acids is 3. The van der Waals surface area contributed by atoms with Gasteiger partial charge in [-0.05, 0) is 45.1 Å². The number of nitrogens with one attached hydrogen (secondary N) is 2. The van der Waals surface area contributed by atoms with E-state index in [-0.39, 0.29) is 31.1 Å². The van der Waals surface area contributed by atoms with Crippen LogP contribution in [0, 0.1) is 6.92 Å². The SMILES string of the molecule is CCCCC(CC)NC(=O)Nc1c(C/C=C(\C)CCC(=O)OC)c(OC)c(C)c2c1C(=O)OC2. The van der Waals surface area contributed by atoms with E-state index in [0.29, 0.717) is 35.4 Å². The van der Waals surface area contributed by atoms with Crippen molar-refractivity contribution in [3.63, 3.8) is 0 Å². The minimum absolute atomic E-state index is 0.0520. The van der Waals surface area contributed by atoms with Gasteiger partial charge in [0.25, 0.3) is 0 Å². The minimum atomic E-state index is -0.457. The summed E-state index contributed by atoms with van der Waals surface area (Å²) < 4.78 is 15.7. The summed E-state index contributed by atoms with van der Waals surface area (Å²) in [5.74, 6) is -0.113. The number of allylic oxidation sites excluding steroid dienone is 2. The Morgan fingerprint density at radius 1 is 1.21 bits per heavy atom. The monoisotopic (exact) mass is 474 g/mol. The van der Waals surface area contributed by atoms with Gasteiger partial charge in [-0.2, -0.15) is 0 Å². The van der Waals surface area contributed by atoms with E-state index < -0.39 is 5.97 Å². The van der Waals surface area contributed by atoms with E-state index in [1.165, 1.54) is 7.11 Å². The van der Waals surface area contributed by atoms with Crippen LogP contribution in [0.25, 0.3) is 0 Å². The highest BCUT2D eigenvalue weighted by Crippen LogP contribution is 2.41. The number of esters is 2. The van der Waals surface area contributed by atoms with Gasteiger partial charge in [0.2, 0.25) is 0 Å². The fourth-order valence-corrected chi connectivity index (χ4v) is 4.13. The Morgan fingerprint density at radius 3 is 2.56 bits per heavy atom. The number of carbonyl (C=O) groups is 3. The molecule has 2 N–H and O–H groups in total. The number of ether oxygens (including phenoxy) is 3. The lowest BCUT2D eigenvalue weighted by Gasteiger charge is -2.22. The van der Waals surface area contributed by atoms with Gasteiger partial charge in [-0.1, -0.05) is 38.3 Å². The van der Waals surface area contributed by atoms with Gasteiger partial charge < -0.3 is 24.8 Å². The molecule has 34 heavy (non-hydrogen) atoms. The Hall–Kier alpha value is -3.03. The fraction of sp³-hybridized carbons (Fsp3) is 0.577. The van der Waals surface area contributed by atoms with Gasteiger partial charge in [0, 0.05) is 23.6 Å². The molecule has 8 nitrogen and oxygen atoms in total. The lowest BCUT2D eigenvalue weighted by Crippen LogP contribution is -2.38. The fourth-order valence-electron chi connectivity index (χ4n) is 4.13. The number of benzene rings is 1. The third kappa shape index (κ3) is 6.74. The lowest BCUT2D eigenvalue weighted by atomic mass is 9.93. The van der Waals surface area contributed by atoms with E-state index in [1.54, 1.807) is 7.11 Å². The largest absolute Gasteiger partial charge is 0.496 e. The van der Waals surface area contributed by atoms with Crippen molar-refractivity contribution in [1.29, 1.82) is 0 Å². The average molecular weight is 475 g/mol. The maximum atomic E-state index is 13.0. The standard InChI is InChI=1S/C26H38N2O6/c1-7-9-10-18(8-2)27-26(31)28-23-19(13-11-16(3)12-14-21(29)32-5)24(33-6)17(4)20-15-34-25(30)22(20)23/h11,18H,7-10,12-15H2,1-6H3,(H2,27,28,31)/b16-11+. The first kappa shape index (κ1) is 27.2. The molecule has 0 saturated heterocycles. The van der Waals surface area contributed by atoms with Gasteiger partial charge in [0.1, 0.15) is 12.4 Å². The van der Waals surface area contributed by atoms with Gasteiger partial charge in [-0.3, -0.25) is 4.79 Å². The molecule has 1 unspecified atom stereocenters. The van der Waals surface area contributed by atoms with Crippen LogP contribution in [0.4, 0.5) is 10.5 Å². The second-order valence-electron chi connectivity index (χ2n) is 8.62. The predicted molar refractivity (Wildman–Crippen MR) is 131 cm³/mol. The molecular formula is C26H38N2O6. The smallest absolute Gasteiger partial charge is 0.341 e. The van der Waals surface area contributed by atoms with E-state index in [9.17, 15) is 14.4 Å². The number of anilines is 1.